The van der Waals surface area contributed by atoms with Crippen LogP contribution in [0.2, 0.25) is 0 Å². The molecule has 0 aliphatic carbocycles. The Morgan fingerprint density at radius 1 is 1.22 bits per heavy atom. The monoisotopic (exact) mass is 321 g/mol. The second-order valence-corrected chi connectivity index (χ2v) is 6.69. The average Bonchev–Trinajstić information content (AvgIpc) is 2.91. The number of aliphatic carboxylic acids is 1. The van der Waals surface area contributed by atoms with E-state index < -0.39 is 23.7 Å². The van der Waals surface area contributed by atoms with Gasteiger partial charge in [-0.25, -0.2) is 9.59 Å². The zero-order valence-corrected chi connectivity index (χ0v) is 13.9. The summed E-state index contributed by atoms with van der Waals surface area (Å²) in [5, 5.41) is 9.41. The lowest BCUT2D eigenvalue weighted by Gasteiger charge is -2.26. The Kier molecular flexibility index (Phi) is 4.82. The summed E-state index contributed by atoms with van der Waals surface area (Å²) in [5.41, 5.74) is 0.335. The van der Waals surface area contributed by atoms with Crippen molar-refractivity contribution in [3.8, 4) is 5.75 Å². The minimum absolute atomic E-state index is 0.0328. The van der Waals surface area contributed by atoms with Gasteiger partial charge in [-0.1, -0.05) is 12.1 Å². The third-order valence-electron chi connectivity index (χ3n) is 3.80. The van der Waals surface area contributed by atoms with Gasteiger partial charge in [-0.3, -0.25) is 4.90 Å². The number of carbonyl (C=O) groups is 2. The van der Waals surface area contributed by atoms with Crippen LogP contribution in [0.1, 0.15) is 38.7 Å². The third kappa shape index (κ3) is 4.15. The van der Waals surface area contributed by atoms with Crippen LogP contribution in [-0.2, 0) is 9.53 Å². The number of rotatable bonds is 3. The smallest absolute Gasteiger partial charge is 0.411 e. The molecule has 1 aliphatic heterocycles. The molecule has 0 bridgehead atoms. The fourth-order valence-electron chi connectivity index (χ4n) is 2.71. The Labute approximate surface area is 136 Å². The maximum absolute atomic E-state index is 12.3. The molecule has 1 aromatic rings. The number of nitrogens with zero attached hydrogens (tertiary/aromatic N) is 1. The minimum atomic E-state index is -1.01. The summed E-state index contributed by atoms with van der Waals surface area (Å²) in [6.45, 7) is 5.62. The largest absolute Gasteiger partial charge is 0.497 e. The van der Waals surface area contributed by atoms with Crippen molar-refractivity contribution < 1.29 is 24.2 Å². The standard InChI is InChI=1S/C17H23NO5/c1-17(2,3)23-16(21)18-10-12(9-14(18)15(19)20)11-5-7-13(22-4)8-6-11/h5-8,12,14H,9-10H2,1-4H3,(H,19,20)/t12-,14-/m0/s1. The summed E-state index contributed by atoms with van der Waals surface area (Å²) in [4.78, 5) is 25.1. The zero-order valence-electron chi connectivity index (χ0n) is 13.9. The number of carbonyl (C=O) groups excluding carboxylic acids is 1. The zero-order chi connectivity index (χ0) is 17.2. The van der Waals surface area contributed by atoms with Crippen molar-refractivity contribution in [3.05, 3.63) is 29.8 Å². The van der Waals surface area contributed by atoms with E-state index in [9.17, 15) is 14.7 Å². The van der Waals surface area contributed by atoms with Crippen LogP contribution >= 0.6 is 0 Å². The molecule has 1 aromatic carbocycles. The molecule has 2 atom stereocenters. The molecule has 1 N–H and O–H groups in total. The van der Waals surface area contributed by atoms with Crippen LogP contribution in [0.25, 0.3) is 0 Å². The topological polar surface area (TPSA) is 76.1 Å². The number of carboxylic acid groups (broad SMARTS) is 1. The van der Waals surface area contributed by atoms with E-state index in [0.717, 1.165) is 11.3 Å². The number of benzene rings is 1. The molecular formula is C17H23NO5. The van der Waals surface area contributed by atoms with Gasteiger partial charge < -0.3 is 14.6 Å². The predicted octanol–water partition coefficient (Wildman–Crippen LogP) is 2.87. The molecule has 6 nitrogen and oxygen atoms in total. The first-order chi connectivity index (χ1) is 10.7. The van der Waals surface area contributed by atoms with Crippen molar-refractivity contribution in [2.75, 3.05) is 13.7 Å². The maximum Gasteiger partial charge on any atom is 0.411 e. The van der Waals surface area contributed by atoms with Crippen LogP contribution < -0.4 is 4.74 Å². The number of amides is 1. The second kappa shape index (κ2) is 6.48. The minimum Gasteiger partial charge on any atom is -0.497 e. The summed E-state index contributed by atoms with van der Waals surface area (Å²) in [6.07, 6.45) is -0.207. The van der Waals surface area contributed by atoms with Crippen LogP contribution in [0.5, 0.6) is 5.75 Å². The number of carboxylic acids is 1. The van der Waals surface area contributed by atoms with Gasteiger partial charge in [-0.15, -0.1) is 0 Å². The van der Waals surface area contributed by atoms with Gasteiger partial charge in [0, 0.05) is 12.5 Å². The van der Waals surface area contributed by atoms with E-state index in [1.54, 1.807) is 27.9 Å². The highest BCUT2D eigenvalue weighted by atomic mass is 16.6. The Bertz CT molecular complexity index is 576. The summed E-state index contributed by atoms with van der Waals surface area (Å²) < 4.78 is 10.5. The number of likely N-dealkylation sites (tertiary alicyclic amines) is 1. The van der Waals surface area contributed by atoms with E-state index in [4.69, 9.17) is 9.47 Å². The highest BCUT2D eigenvalue weighted by molar-refractivity contribution is 5.81. The van der Waals surface area contributed by atoms with Gasteiger partial charge in [-0.2, -0.15) is 0 Å². The molecule has 1 amide bonds. The van der Waals surface area contributed by atoms with Gasteiger partial charge >= 0.3 is 12.1 Å². The Morgan fingerprint density at radius 3 is 2.30 bits per heavy atom. The molecule has 0 radical (unpaired) electrons. The van der Waals surface area contributed by atoms with Crippen molar-refractivity contribution in [1.29, 1.82) is 0 Å². The van der Waals surface area contributed by atoms with Crippen LogP contribution in [0.15, 0.2) is 24.3 Å². The molecule has 0 saturated carbocycles. The first-order valence-corrected chi connectivity index (χ1v) is 7.57. The predicted molar refractivity (Wildman–Crippen MR) is 84.7 cm³/mol. The van der Waals surface area contributed by atoms with E-state index in [1.165, 1.54) is 4.90 Å². The van der Waals surface area contributed by atoms with E-state index in [-0.39, 0.29) is 5.92 Å². The van der Waals surface area contributed by atoms with Crippen molar-refractivity contribution in [1.82, 2.24) is 4.90 Å². The number of ether oxygens (including phenoxy) is 2. The molecule has 0 aromatic heterocycles. The molecular weight excluding hydrogens is 298 g/mol. The van der Waals surface area contributed by atoms with Crippen LogP contribution in [-0.4, -0.2) is 47.4 Å². The quantitative estimate of drug-likeness (QED) is 0.926. The van der Waals surface area contributed by atoms with E-state index in [2.05, 4.69) is 0 Å². The Morgan fingerprint density at radius 2 is 1.83 bits per heavy atom. The summed E-state index contributed by atoms with van der Waals surface area (Å²) in [6, 6.07) is 6.61. The molecule has 2 rings (SSSR count). The van der Waals surface area contributed by atoms with E-state index in [0.29, 0.717) is 13.0 Å². The molecule has 126 valence electrons. The van der Waals surface area contributed by atoms with Crippen LogP contribution in [0.3, 0.4) is 0 Å². The molecule has 1 fully saturated rings. The number of methoxy groups -OCH3 is 1. The van der Waals surface area contributed by atoms with Crippen LogP contribution in [0.4, 0.5) is 4.79 Å². The lowest BCUT2D eigenvalue weighted by molar-refractivity contribution is -0.142. The molecule has 1 heterocycles. The average molecular weight is 321 g/mol. The summed E-state index contributed by atoms with van der Waals surface area (Å²) >= 11 is 0. The molecule has 0 unspecified atom stereocenters. The van der Waals surface area contributed by atoms with Crippen molar-refractivity contribution in [2.24, 2.45) is 0 Å². The molecule has 1 aliphatic rings. The lowest BCUT2D eigenvalue weighted by Crippen LogP contribution is -2.43. The van der Waals surface area contributed by atoms with Gasteiger partial charge in [0.25, 0.3) is 0 Å². The van der Waals surface area contributed by atoms with Gasteiger partial charge in [-0.05, 0) is 44.9 Å². The Balaban J connectivity index is 2.16. The highest BCUT2D eigenvalue weighted by Gasteiger charge is 2.41. The molecule has 6 heteroatoms. The maximum atomic E-state index is 12.3. The normalized spacial score (nSPS) is 21.1. The van der Waals surface area contributed by atoms with Gasteiger partial charge in [0.15, 0.2) is 0 Å². The van der Waals surface area contributed by atoms with Gasteiger partial charge in [0.05, 0.1) is 7.11 Å². The van der Waals surface area contributed by atoms with E-state index >= 15 is 0 Å². The first-order valence-electron chi connectivity index (χ1n) is 7.57. The number of hydrogen-bond donors (Lipinski definition) is 1. The van der Waals surface area contributed by atoms with Crippen molar-refractivity contribution in [2.45, 2.75) is 44.8 Å². The fraction of sp³-hybridized carbons (Fsp3) is 0.529. The summed E-state index contributed by atoms with van der Waals surface area (Å²) in [7, 11) is 1.59. The fourth-order valence-corrected chi connectivity index (χ4v) is 2.71. The van der Waals surface area contributed by atoms with Gasteiger partial charge in [0.2, 0.25) is 0 Å². The van der Waals surface area contributed by atoms with Crippen molar-refractivity contribution in [3.63, 3.8) is 0 Å². The summed E-state index contributed by atoms with van der Waals surface area (Å²) in [5.74, 6) is -0.299. The van der Waals surface area contributed by atoms with E-state index in [1.807, 2.05) is 24.3 Å². The first kappa shape index (κ1) is 17.1. The molecule has 1 saturated heterocycles. The number of hydrogen-bond acceptors (Lipinski definition) is 4. The van der Waals surface area contributed by atoms with Gasteiger partial charge in [0.1, 0.15) is 17.4 Å². The molecule has 23 heavy (non-hydrogen) atoms. The van der Waals surface area contributed by atoms with Crippen LogP contribution in [0, 0.1) is 0 Å². The molecule has 0 spiro atoms. The Hall–Kier alpha value is -2.24. The highest BCUT2D eigenvalue weighted by Crippen LogP contribution is 2.33. The lowest BCUT2D eigenvalue weighted by atomic mass is 9.96. The van der Waals surface area contributed by atoms with Crippen molar-refractivity contribution >= 4 is 12.1 Å². The second-order valence-electron chi connectivity index (χ2n) is 6.69. The third-order valence-corrected chi connectivity index (χ3v) is 3.80. The SMILES string of the molecule is COc1ccc([C@H]2C[C@@H](C(=O)O)N(C(=O)OC(C)(C)C)C2)cc1.